The van der Waals surface area contributed by atoms with Crippen molar-refractivity contribution >= 4 is 15.7 Å². The second-order valence-electron chi connectivity index (χ2n) is 4.65. The van der Waals surface area contributed by atoms with E-state index in [1.165, 1.54) is 6.07 Å². The quantitative estimate of drug-likeness (QED) is 0.844. The van der Waals surface area contributed by atoms with Gasteiger partial charge in [-0.3, -0.25) is 4.98 Å². The number of rotatable bonds is 4. The lowest BCUT2D eigenvalue weighted by atomic mass is 10.2. The average molecular weight is 291 g/mol. The van der Waals surface area contributed by atoms with Gasteiger partial charge in [0, 0.05) is 24.1 Å². The summed E-state index contributed by atoms with van der Waals surface area (Å²) in [5, 5.41) is 0. The number of hydrogen-bond donors (Lipinski definition) is 2. The summed E-state index contributed by atoms with van der Waals surface area (Å²) in [6.45, 7) is 3.50. The molecule has 0 saturated carbocycles. The first kappa shape index (κ1) is 14.5. The maximum Gasteiger partial charge on any atom is 0.241 e. The van der Waals surface area contributed by atoms with Crippen LogP contribution in [0.15, 0.2) is 47.6 Å². The number of sulfonamides is 1. The molecule has 5 nitrogen and oxygen atoms in total. The summed E-state index contributed by atoms with van der Waals surface area (Å²) in [5.74, 6) is 0. The van der Waals surface area contributed by atoms with Crippen molar-refractivity contribution in [2.75, 3.05) is 5.73 Å². The number of pyridine rings is 1. The van der Waals surface area contributed by atoms with Gasteiger partial charge in [-0.15, -0.1) is 0 Å². The molecule has 1 atom stereocenters. The van der Waals surface area contributed by atoms with E-state index in [1.54, 1.807) is 44.4 Å². The minimum atomic E-state index is -3.59. The Morgan fingerprint density at radius 1 is 1.30 bits per heavy atom. The normalized spacial score (nSPS) is 13.1. The van der Waals surface area contributed by atoms with Crippen molar-refractivity contribution in [1.82, 2.24) is 9.71 Å². The molecule has 0 saturated heterocycles. The molecule has 3 N–H and O–H groups in total. The van der Waals surface area contributed by atoms with Crippen molar-refractivity contribution in [3.8, 4) is 0 Å². The molecular formula is C14H17N3O2S. The molecule has 0 aliphatic carbocycles. The molecule has 6 heteroatoms. The Hall–Kier alpha value is -1.92. The topological polar surface area (TPSA) is 85.1 Å². The number of anilines is 1. The first-order valence-corrected chi connectivity index (χ1v) is 7.67. The first-order chi connectivity index (χ1) is 9.40. The fourth-order valence-electron chi connectivity index (χ4n) is 1.97. The molecule has 0 radical (unpaired) electrons. The van der Waals surface area contributed by atoms with Crippen LogP contribution in [0.1, 0.15) is 24.1 Å². The zero-order chi connectivity index (χ0) is 14.8. The minimum Gasteiger partial charge on any atom is -0.399 e. The maximum atomic E-state index is 12.4. The number of nitrogens with one attached hydrogen (secondary N) is 1. The Balaban J connectivity index is 2.28. The highest BCUT2D eigenvalue weighted by Gasteiger charge is 2.20. The third-order valence-electron chi connectivity index (χ3n) is 3.00. The van der Waals surface area contributed by atoms with E-state index in [2.05, 4.69) is 9.71 Å². The molecule has 0 spiro atoms. The Kier molecular flexibility index (Phi) is 4.06. The van der Waals surface area contributed by atoms with E-state index in [1.807, 2.05) is 6.07 Å². The first-order valence-electron chi connectivity index (χ1n) is 6.18. The summed E-state index contributed by atoms with van der Waals surface area (Å²) in [6, 6.07) is 7.98. The van der Waals surface area contributed by atoms with E-state index in [-0.39, 0.29) is 10.9 Å². The standard InChI is InChI=1S/C14H17N3O2S/c1-10-8-13(15)5-6-14(10)20(18,19)17-11(2)12-4-3-7-16-9-12/h3-9,11,17H,15H2,1-2H3. The zero-order valence-corrected chi connectivity index (χ0v) is 12.2. The summed E-state index contributed by atoms with van der Waals surface area (Å²) in [6.07, 6.45) is 3.29. The minimum absolute atomic E-state index is 0.238. The van der Waals surface area contributed by atoms with Gasteiger partial charge in [-0.2, -0.15) is 0 Å². The van der Waals surface area contributed by atoms with Crippen molar-refractivity contribution < 1.29 is 8.42 Å². The molecule has 0 amide bonds. The summed E-state index contributed by atoms with van der Waals surface area (Å²) in [5.41, 5.74) is 7.61. The SMILES string of the molecule is Cc1cc(N)ccc1S(=O)(=O)NC(C)c1cccnc1. The molecule has 0 bridgehead atoms. The van der Waals surface area contributed by atoms with Crippen molar-refractivity contribution in [2.45, 2.75) is 24.8 Å². The van der Waals surface area contributed by atoms with Gasteiger partial charge in [0.2, 0.25) is 10.0 Å². The summed E-state index contributed by atoms with van der Waals surface area (Å²) in [4.78, 5) is 4.22. The number of hydrogen-bond acceptors (Lipinski definition) is 4. The van der Waals surface area contributed by atoms with E-state index < -0.39 is 10.0 Å². The molecule has 1 unspecified atom stereocenters. The van der Waals surface area contributed by atoms with Crippen LogP contribution in [0.5, 0.6) is 0 Å². The number of benzene rings is 1. The van der Waals surface area contributed by atoms with Crippen LogP contribution in [0.4, 0.5) is 5.69 Å². The Labute approximate surface area is 118 Å². The van der Waals surface area contributed by atoms with Crippen LogP contribution in [-0.4, -0.2) is 13.4 Å². The lowest BCUT2D eigenvalue weighted by Crippen LogP contribution is -2.27. The predicted octanol–water partition coefficient (Wildman–Crippen LogP) is 2.01. The van der Waals surface area contributed by atoms with Crippen molar-refractivity contribution in [3.05, 3.63) is 53.9 Å². The van der Waals surface area contributed by atoms with E-state index >= 15 is 0 Å². The monoisotopic (exact) mass is 291 g/mol. The molecule has 2 aromatic rings. The van der Waals surface area contributed by atoms with Gasteiger partial charge >= 0.3 is 0 Å². The van der Waals surface area contributed by atoms with Crippen LogP contribution < -0.4 is 10.5 Å². The van der Waals surface area contributed by atoms with Crippen molar-refractivity contribution in [3.63, 3.8) is 0 Å². The van der Waals surface area contributed by atoms with Gasteiger partial charge in [0.25, 0.3) is 0 Å². The number of nitrogens with two attached hydrogens (primary N) is 1. The third-order valence-corrected chi connectivity index (χ3v) is 4.71. The number of nitrogen functional groups attached to an aromatic ring is 1. The van der Waals surface area contributed by atoms with Gasteiger partial charge in [-0.25, -0.2) is 13.1 Å². The van der Waals surface area contributed by atoms with Gasteiger partial charge in [0.15, 0.2) is 0 Å². The van der Waals surface area contributed by atoms with E-state index in [9.17, 15) is 8.42 Å². The highest BCUT2D eigenvalue weighted by Crippen LogP contribution is 2.20. The summed E-state index contributed by atoms with van der Waals surface area (Å²) < 4.78 is 27.4. The molecule has 106 valence electrons. The van der Waals surface area contributed by atoms with Crippen LogP contribution in [0, 0.1) is 6.92 Å². The number of nitrogens with zero attached hydrogens (tertiary/aromatic N) is 1. The van der Waals surface area contributed by atoms with Gasteiger partial charge < -0.3 is 5.73 Å². The Morgan fingerprint density at radius 2 is 2.05 bits per heavy atom. The highest BCUT2D eigenvalue weighted by molar-refractivity contribution is 7.89. The molecular weight excluding hydrogens is 274 g/mol. The van der Waals surface area contributed by atoms with Gasteiger partial charge in [0.05, 0.1) is 4.90 Å². The van der Waals surface area contributed by atoms with Crippen LogP contribution in [0.3, 0.4) is 0 Å². The summed E-state index contributed by atoms with van der Waals surface area (Å²) >= 11 is 0. The van der Waals surface area contributed by atoms with Crippen molar-refractivity contribution in [1.29, 1.82) is 0 Å². The second kappa shape index (κ2) is 5.60. The van der Waals surface area contributed by atoms with Crippen LogP contribution in [0.2, 0.25) is 0 Å². The Bertz CT molecular complexity index is 700. The van der Waals surface area contributed by atoms with E-state index in [0.717, 1.165) is 5.56 Å². The third kappa shape index (κ3) is 3.15. The lowest BCUT2D eigenvalue weighted by Gasteiger charge is -2.15. The van der Waals surface area contributed by atoms with Gasteiger partial charge in [-0.05, 0) is 49.2 Å². The molecule has 0 aliphatic heterocycles. The lowest BCUT2D eigenvalue weighted by molar-refractivity contribution is 0.566. The fraction of sp³-hybridized carbons (Fsp3) is 0.214. The maximum absolute atomic E-state index is 12.4. The summed E-state index contributed by atoms with van der Waals surface area (Å²) in [7, 11) is -3.59. The fourth-order valence-corrected chi connectivity index (χ4v) is 3.43. The molecule has 20 heavy (non-hydrogen) atoms. The van der Waals surface area contributed by atoms with Crippen molar-refractivity contribution in [2.24, 2.45) is 0 Å². The number of aromatic nitrogens is 1. The van der Waals surface area contributed by atoms with Gasteiger partial charge in [0.1, 0.15) is 0 Å². The molecule has 2 rings (SSSR count). The molecule has 0 fully saturated rings. The zero-order valence-electron chi connectivity index (χ0n) is 11.4. The number of aryl methyl sites for hydroxylation is 1. The molecule has 1 aromatic heterocycles. The average Bonchev–Trinajstić information content (AvgIpc) is 2.38. The smallest absolute Gasteiger partial charge is 0.241 e. The largest absolute Gasteiger partial charge is 0.399 e. The van der Waals surface area contributed by atoms with Crippen LogP contribution in [-0.2, 0) is 10.0 Å². The Morgan fingerprint density at radius 3 is 2.65 bits per heavy atom. The highest BCUT2D eigenvalue weighted by atomic mass is 32.2. The van der Waals surface area contributed by atoms with E-state index in [0.29, 0.717) is 11.3 Å². The molecule has 0 aliphatic rings. The van der Waals surface area contributed by atoms with Crippen LogP contribution in [0.25, 0.3) is 0 Å². The predicted molar refractivity (Wildman–Crippen MR) is 78.6 cm³/mol. The van der Waals surface area contributed by atoms with Crippen LogP contribution >= 0.6 is 0 Å². The molecule has 1 heterocycles. The molecule has 1 aromatic carbocycles. The second-order valence-corrected chi connectivity index (χ2v) is 6.34. The van der Waals surface area contributed by atoms with Gasteiger partial charge in [-0.1, -0.05) is 6.07 Å². The van der Waals surface area contributed by atoms with E-state index in [4.69, 9.17) is 5.73 Å².